The Bertz CT molecular complexity index is 1020. The number of carbonyl (C=O) groups is 1. The first kappa shape index (κ1) is 17.8. The van der Waals surface area contributed by atoms with Gasteiger partial charge in [-0.15, -0.1) is 5.10 Å². The highest BCUT2D eigenvalue weighted by atomic mass is 16.2. The molecule has 0 N–H and O–H groups in total. The van der Waals surface area contributed by atoms with Gasteiger partial charge in [-0.05, 0) is 30.7 Å². The minimum Gasteiger partial charge on any atom is -0.354 e. The quantitative estimate of drug-likeness (QED) is 0.690. The zero-order valence-corrected chi connectivity index (χ0v) is 16.6. The van der Waals surface area contributed by atoms with E-state index < -0.39 is 0 Å². The second-order valence-electron chi connectivity index (χ2n) is 8.01. The number of fused-ring (bicyclic) bond motifs is 1. The SMILES string of the molecule is Cc1ccc(N2C[C@H]3CN(C(=O)c4ccnn4C)[C@H](c4ccccc4)[C@H]3C2)nn1. The van der Waals surface area contributed by atoms with Crippen LogP contribution in [0.2, 0.25) is 0 Å². The number of rotatable bonds is 3. The van der Waals surface area contributed by atoms with Gasteiger partial charge in [-0.1, -0.05) is 30.3 Å². The van der Waals surface area contributed by atoms with Crippen molar-refractivity contribution in [2.75, 3.05) is 24.5 Å². The third kappa shape index (κ3) is 3.06. The number of nitrogens with zero attached hydrogens (tertiary/aromatic N) is 6. The van der Waals surface area contributed by atoms with Crippen molar-refractivity contribution in [1.29, 1.82) is 0 Å². The zero-order valence-electron chi connectivity index (χ0n) is 16.6. The van der Waals surface area contributed by atoms with Crippen LogP contribution in [0, 0.1) is 18.8 Å². The fourth-order valence-electron chi connectivity index (χ4n) is 4.81. The van der Waals surface area contributed by atoms with E-state index in [9.17, 15) is 4.79 Å². The molecule has 4 heterocycles. The predicted octanol–water partition coefficient (Wildman–Crippen LogP) is 2.47. The van der Waals surface area contributed by atoms with Crippen LogP contribution in [0.5, 0.6) is 0 Å². The molecule has 0 spiro atoms. The number of aromatic nitrogens is 4. The summed E-state index contributed by atoms with van der Waals surface area (Å²) in [4.78, 5) is 17.7. The number of benzene rings is 1. The molecule has 5 rings (SSSR count). The number of aryl methyl sites for hydroxylation is 2. The number of likely N-dealkylation sites (tertiary alicyclic amines) is 1. The van der Waals surface area contributed by atoms with Crippen molar-refractivity contribution >= 4 is 11.7 Å². The average molecular weight is 388 g/mol. The van der Waals surface area contributed by atoms with Gasteiger partial charge in [0.15, 0.2) is 5.82 Å². The molecule has 2 aromatic heterocycles. The first-order valence-electron chi connectivity index (χ1n) is 10.0. The highest BCUT2D eigenvalue weighted by Crippen LogP contribution is 2.46. The molecule has 0 radical (unpaired) electrons. The van der Waals surface area contributed by atoms with Crippen molar-refractivity contribution in [2.24, 2.45) is 18.9 Å². The Balaban J connectivity index is 1.46. The summed E-state index contributed by atoms with van der Waals surface area (Å²) in [7, 11) is 1.82. The molecule has 29 heavy (non-hydrogen) atoms. The van der Waals surface area contributed by atoms with Crippen molar-refractivity contribution in [1.82, 2.24) is 24.9 Å². The van der Waals surface area contributed by atoms with Crippen molar-refractivity contribution < 1.29 is 4.79 Å². The Morgan fingerprint density at radius 3 is 2.52 bits per heavy atom. The number of carbonyl (C=O) groups excluding carboxylic acids is 1. The van der Waals surface area contributed by atoms with Crippen molar-refractivity contribution in [2.45, 2.75) is 13.0 Å². The van der Waals surface area contributed by atoms with Gasteiger partial charge in [-0.2, -0.15) is 10.2 Å². The zero-order chi connectivity index (χ0) is 20.0. The van der Waals surface area contributed by atoms with Crippen molar-refractivity contribution in [3.05, 3.63) is 71.7 Å². The van der Waals surface area contributed by atoms with Crippen LogP contribution in [0.3, 0.4) is 0 Å². The summed E-state index contributed by atoms with van der Waals surface area (Å²) in [6.07, 6.45) is 1.68. The lowest BCUT2D eigenvalue weighted by molar-refractivity contribution is 0.0704. The monoisotopic (exact) mass is 388 g/mol. The van der Waals surface area contributed by atoms with Gasteiger partial charge in [0.1, 0.15) is 5.69 Å². The van der Waals surface area contributed by atoms with Crippen LogP contribution >= 0.6 is 0 Å². The lowest BCUT2D eigenvalue weighted by Crippen LogP contribution is -2.36. The molecular formula is C22H24N6O. The summed E-state index contributed by atoms with van der Waals surface area (Å²) in [6, 6.07) is 16.3. The molecule has 2 saturated heterocycles. The smallest absolute Gasteiger partial charge is 0.272 e. The summed E-state index contributed by atoms with van der Waals surface area (Å²) in [5, 5.41) is 12.8. The lowest BCUT2D eigenvalue weighted by atomic mass is 9.89. The summed E-state index contributed by atoms with van der Waals surface area (Å²) in [6.45, 7) is 4.45. The normalized spacial score (nSPS) is 23.4. The summed E-state index contributed by atoms with van der Waals surface area (Å²) in [5.41, 5.74) is 2.74. The number of amides is 1. The van der Waals surface area contributed by atoms with E-state index in [0.717, 1.165) is 31.1 Å². The van der Waals surface area contributed by atoms with E-state index in [1.807, 2.05) is 49.2 Å². The summed E-state index contributed by atoms with van der Waals surface area (Å²) >= 11 is 0. The summed E-state index contributed by atoms with van der Waals surface area (Å²) in [5.74, 6) is 1.73. The highest BCUT2D eigenvalue weighted by molar-refractivity contribution is 5.93. The lowest BCUT2D eigenvalue weighted by Gasteiger charge is -2.30. The van der Waals surface area contributed by atoms with Crippen molar-refractivity contribution in [3.63, 3.8) is 0 Å². The van der Waals surface area contributed by atoms with Gasteiger partial charge in [0.05, 0.1) is 11.7 Å². The maximum atomic E-state index is 13.4. The average Bonchev–Trinajstić information content (AvgIpc) is 3.42. The van der Waals surface area contributed by atoms with E-state index in [1.54, 1.807) is 16.9 Å². The number of anilines is 1. The Hall–Kier alpha value is -3.22. The second-order valence-corrected chi connectivity index (χ2v) is 8.01. The molecular weight excluding hydrogens is 364 g/mol. The molecule has 0 saturated carbocycles. The van der Waals surface area contributed by atoms with Gasteiger partial charge < -0.3 is 9.80 Å². The van der Waals surface area contributed by atoms with Crippen LogP contribution in [-0.2, 0) is 7.05 Å². The Morgan fingerprint density at radius 1 is 1.00 bits per heavy atom. The van der Waals surface area contributed by atoms with Crippen molar-refractivity contribution in [3.8, 4) is 0 Å². The van der Waals surface area contributed by atoms with Crippen LogP contribution in [0.25, 0.3) is 0 Å². The third-order valence-corrected chi connectivity index (χ3v) is 6.21. The largest absolute Gasteiger partial charge is 0.354 e. The molecule has 148 valence electrons. The second kappa shape index (κ2) is 6.99. The molecule has 2 aliphatic heterocycles. The fourth-order valence-corrected chi connectivity index (χ4v) is 4.81. The Morgan fingerprint density at radius 2 is 1.83 bits per heavy atom. The molecule has 2 fully saturated rings. The molecule has 7 nitrogen and oxygen atoms in total. The molecule has 3 aromatic rings. The topological polar surface area (TPSA) is 67.2 Å². The maximum absolute atomic E-state index is 13.4. The van der Waals surface area contributed by atoms with E-state index in [4.69, 9.17) is 0 Å². The van der Waals surface area contributed by atoms with Gasteiger partial charge in [-0.25, -0.2) is 0 Å². The Labute approximate surface area is 170 Å². The molecule has 1 amide bonds. The minimum absolute atomic E-state index is 0.0482. The van der Waals surface area contributed by atoms with Crippen LogP contribution in [0.15, 0.2) is 54.7 Å². The van der Waals surface area contributed by atoms with Gasteiger partial charge >= 0.3 is 0 Å². The maximum Gasteiger partial charge on any atom is 0.272 e. The molecule has 0 aliphatic carbocycles. The molecule has 0 unspecified atom stereocenters. The van der Waals surface area contributed by atoms with E-state index >= 15 is 0 Å². The molecule has 1 aromatic carbocycles. The number of hydrogen-bond acceptors (Lipinski definition) is 5. The first-order chi connectivity index (χ1) is 14.1. The van der Waals surface area contributed by atoms with Gasteiger partial charge in [0.25, 0.3) is 5.91 Å². The van der Waals surface area contributed by atoms with Crippen LogP contribution in [0.1, 0.15) is 27.8 Å². The molecule has 0 bridgehead atoms. The van der Waals surface area contributed by atoms with E-state index in [0.29, 0.717) is 17.5 Å². The van der Waals surface area contributed by atoms with E-state index in [2.05, 4.69) is 32.3 Å². The molecule has 3 atom stereocenters. The van der Waals surface area contributed by atoms with Crippen LogP contribution in [0.4, 0.5) is 5.82 Å². The Kier molecular flexibility index (Phi) is 4.30. The molecule has 7 heteroatoms. The van der Waals surface area contributed by atoms with Crippen LogP contribution in [-0.4, -0.2) is 50.4 Å². The van der Waals surface area contributed by atoms with Gasteiger partial charge in [0.2, 0.25) is 0 Å². The minimum atomic E-state index is 0.0482. The van der Waals surface area contributed by atoms with Gasteiger partial charge in [0, 0.05) is 44.7 Å². The molecule has 2 aliphatic rings. The standard InChI is InChI=1S/C22H24N6O/c1-15-8-9-20(25-24-15)27-12-17-13-28(22(29)19-10-11-23-26(19)2)21(18(17)14-27)16-6-4-3-5-7-16/h3-11,17-18,21H,12-14H2,1-2H3/t17-,18-,21+/m0/s1. The van der Waals surface area contributed by atoms with E-state index in [1.165, 1.54) is 5.56 Å². The third-order valence-electron chi connectivity index (χ3n) is 6.21. The van der Waals surface area contributed by atoms with Crippen LogP contribution < -0.4 is 4.90 Å². The fraction of sp³-hybridized carbons (Fsp3) is 0.364. The van der Waals surface area contributed by atoms with E-state index in [-0.39, 0.29) is 11.9 Å². The van der Waals surface area contributed by atoms with Gasteiger partial charge in [-0.3, -0.25) is 9.48 Å². The highest BCUT2D eigenvalue weighted by Gasteiger charge is 2.49. The first-order valence-corrected chi connectivity index (χ1v) is 10.0. The summed E-state index contributed by atoms with van der Waals surface area (Å²) < 4.78 is 1.66. The predicted molar refractivity (Wildman–Crippen MR) is 109 cm³/mol. The number of hydrogen-bond donors (Lipinski definition) is 0.